The van der Waals surface area contributed by atoms with E-state index in [4.69, 9.17) is 43.8 Å². The van der Waals surface area contributed by atoms with E-state index in [1.165, 1.54) is 27.4 Å². The first kappa shape index (κ1) is 19.6. The second-order valence-corrected chi connectivity index (χ2v) is 5.86. The van der Waals surface area contributed by atoms with E-state index < -0.39 is 5.91 Å². The maximum atomic E-state index is 11.3. The Balaban J connectivity index is 2.21. The van der Waals surface area contributed by atoms with Gasteiger partial charge in [0.15, 0.2) is 5.11 Å². The van der Waals surface area contributed by atoms with E-state index in [2.05, 4.69) is 10.6 Å². The van der Waals surface area contributed by atoms with E-state index in [1.807, 2.05) is 0 Å². The Morgan fingerprint density at radius 2 is 1.54 bits per heavy atom. The number of carbonyl (C=O) groups excluding carboxylic acids is 1. The summed E-state index contributed by atoms with van der Waals surface area (Å²) in [6.07, 6.45) is 0. The van der Waals surface area contributed by atoms with Gasteiger partial charge in [-0.25, -0.2) is 0 Å². The van der Waals surface area contributed by atoms with Crippen molar-refractivity contribution in [2.24, 2.45) is 5.73 Å². The molecule has 0 aliphatic carbocycles. The molecule has 9 heteroatoms. The van der Waals surface area contributed by atoms with E-state index in [0.29, 0.717) is 39.2 Å². The lowest BCUT2D eigenvalue weighted by atomic mass is 10.2. The quantitative estimate of drug-likeness (QED) is 0.646. The largest absolute Gasteiger partial charge is 0.495 e. The van der Waals surface area contributed by atoms with Gasteiger partial charge in [0.1, 0.15) is 17.2 Å². The van der Waals surface area contributed by atoms with E-state index in [0.717, 1.165) is 0 Å². The molecular formula is C17H18ClN3O4S. The molecule has 0 aromatic heterocycles. The van der Waals surface area contributed by atoms with Gasteiger partial charge in [-0.2, -0.15) is 0 Å². The lowest BCUT2D eigenvalue weighted by molar-refractivity contribution is 0.1000. The fourth-order valence-electron chi connectivity index (χ4n) is 2.18. The SMILES string of the molecule is COc1cc(OC)c(NC(=S)Nc2ccc(C(N)=O)cc2OC)cc1Cl. The van der Waals surface area contributed by atoms with Crippen LogP contribution in [0.3, 0.4) is 0 Å². The minimum absolute atomic E-state index is 0.273. The van der Waals surface area contributed by atoms with Crippen molar-refractivity contribution in [3.8, 4) is 17.2 Å². The van der Waals surface area contributed by atoms with Gasteiger partial charge in [-0.15, -0.1) is 0 Å². The minimum Gasteiger partial charge on any atom is -0.495 e. The summed E-state index contributed by atoms with van der Waals surface area (Å²) in [4.78, 5) is 11.3. The summed E-state index contributed by atoms with van der Waals surface area (Å²) in [6.45, 7) is 0. The molecule has 0 unspecified atom stereocenters. The number of anilines is 2. The van der Waals surface area contributed by atoms with Gasteiger partial charge >= 0.3 is 0 Å². The van der Waals surface area contributed by atoms with Gasteiger partial charge in [0, 0.05) is 11.6 Å². The van der Waals surface area contributed by atoms with Crippen LogP contribution in [0.25, 0.3) is 0 Å². The molecule has 0 heterocycles. The number of hydrogen-bond acceptors (Lipinski definition) is 5. The van der Waals surface area contributed by atoms with Gasteiger partial charge < -0.3 is 30.6 Å². The molecule has 0 saturated heterocycles. The molecule has 2 aromatic carbocycles. The molecule has 0 spiro atoms. The number of benzene rings is 2. The summed E-state index contributed by atoms with van der Waals surface area (Å²) in [7, 11) is 4.52. The molecular weight excluding hydrogens is 378 g/mol. The van der Waals surface area contributed by atoms with Crippen molar-refractivity contribution >= 4 is 46.2 Å². The van der Waals surface area contributed by atoms with Crippen LogP contribution in [-0.4, -0.2) is 32.3 Å². The zero-order valence-corrected chi connectivity index (χ0v) is 16.0. The van der Waals surface area contributed by atoms with Crippen LogP contribution in [0.2, 0.25) is 5.02 Å². The topological polar surface area (TPSA) is 94.8 Å². The number of thiocarbonyl (C=S) groups is 1. The third-order valence-electron chi connectivity index (χ3n) is 3.46. The van der Waals surface area contributed by atoms with Gasteiger partial charge in [-0.1, -0.05) is 11.6 Å². The van der Waals surface area contributed by atoms with Gasteiger partial charge in [-0.05, 0) is 36.5 Å². The predicted molar refractivity (Wildman–Crippen MR) is 106 cm³/mol. The van der Waals surface area contributed by atoms with Crippen LogP contribution in [0, 0.1) is 0 Å². The lowest BCUT2D eigenvalue weighted by Crippen LogP contribution is -2.20. The van der Waals surface area contributed by atoms with Gasteiger partial charge in [-0.3, -0.25) is 4.79 Å². The molecule has 0 aliphatic rings. The molecule has 7 nitrogen and oxygen atoms in total. The third-order valence-corrected chi connectivity index (χ3v) is 3.96. The third kappa shape index (κ3) is 4.47. The van der Waals surface area contributed by atoms with Crippen molar-refractivity contribution in [2.75, 3.05) is 32.0 Å². The Bertz CT molecular complexity index is 845. The van der Waals surface area contributed by atoms with Crippen LogP contribution in [0.15, 0.2) is 30.3 Å². The molecule has 138 valence electrons. The number of nitrogens with two attached hydrogens (primary N) is 1. The van der Waals surface area contributed by atoms with Crippen molar-refractivity contribution in [1.82, 2.24) is 0 Å². The summed E-state index contributed by atoms with van der Waals surface area (Å²) >= 11 is 11.5. The number of methoxy groups -OCH3 is 3. The van der Waals surface area contributed by atoms with Crippen LogP contribution in [0.1, 0.15) is 10.4 Å². The van der Waals surface area contributed by atoms with Crippen molar-refractivity contribution in [3.05, 3.63) is 40.9 Å². The maximum absolute atomic E-state index is 11.3. The smallest absolute Gasteiger partial charge is 0.248 e. The summed E-state index contributed by atoms with van der Waals surface area (Å²) in [5.41, 5.74) is 6.72. The standard InChI is InChI=1S/C17H18ClN3O4S/c1-23-13-8-15(25-3)12(7-10(13)18)21-17(26)20-11-5-4-9(16(19)22)6-14(11)24-2/h4-8H,1-3H3,(H2,19,22)(H2,20,21,26). The molecule has 0 saturated carbocycles. The summed E-state index contributed by atoms with van der Waals surface area (Å²) in [5.74, 6) is 0.862. The molecule has 26 heavy (non-hydrogen) atoms. The Hall–Kier alpha value is -2.71. The average Bonchev–Trinajstić information content (AvgIpc) is 2.62. The molecule has 0 radical (unpaired) electrons. The predicted octanol–water partition coefficient (Wildman–Crippen LogP) is 3.27. The summed E-state index contributed by atoms with van der Waals surface area (Å²) < 4.78 is 15.7. The number of ether oxygens (including phenoxy) is 3. The minimum atomic E-state index is -0.548. The highest BCUT2D eigenvalue weighted by Gasteiger charge is 2.13. The Morgan fingerprint density at radius 1 is 0.962 bits per heavy atom. The second-order valence-electron chi connectivity index (χ2n) is 5.05. The van der Waals surface area contributed by atoms with Gasteiger partial charge in [0.25, 0.3) is 0 Å². The highest BCUT2D eigenvalue weighted by Crippen LogP contribution is 2.36. The van der Waals surface area contributed by atoms with Crippen LogP contribution < -0.4 is 30.6 Å². The fourth-order valence-corrected chi connectivity index (χ4v) is 2.64. The summed E-state index contributed by atoms with van der Waals surface area (Å²) in [5, 5.41) is 6.67. The van der Waals surface area contributed by atoms with E-state index in [-0.39, 0.29) is 5.11 Å². The molecule has 2 rings (SSSR count). The number of nitrogens with one attached hydrogen (secondary N) is 2. The average molecular weight is 396 g/mol. The number of amides is 1. The molecule has 0 bridgehead atoms. The van der Waals surface area contributed by atoms with Crippen molar-refractivity contribution < 1.29 is 19.0 Å². The maximum Gasteiger partial charge on any atom is 0.248 e. The molecule has 0 atom stereocenters. The normalized spacial score (nSPS) is 10.0. The second kappa shape index (κ2) is 8.59. The molecule has 0 fully saturated rings. The van der Waals surface area contributed by atoms with Gasteiger partial charge in [0.05, 0.1) is 37.7 Å². The number of primary amides is 1. The number of hydrogen-bond donors (Lipinski definition) is 3. The Morgan fingerprint density at radius 3 is 2.12 bits per heavy atom. The Labute approximate surface area is 161 Å². The van der Waals surface area contributed by atoms with Crippen LogP contribution in [0.4, 0.5) is 11.4 Å². The van der Waals surface area contributed by atoms with E-state index in [1.54, 1.807) is 24.3 Å². The number of rotatable bonds is 6. The van der Waals surface area contributed by atoms with Crippen LogP contribution >= 0.6 is 23.8 Å². The molecule has 4 N–H and O–H groups in total. The van der Waals surface area contributed by atoms with Crippen LogP contribution in [0.5, 0.6) is 17.2 Å². The Kier molecular flexibility index (Phi) is 6.48. The van der Waals surface area contributed by atoms with E-state index >= 15 is 0 Å². The summed E-state index contributed by atoms with van der Waals surface area (Å²) in [6, 6.07) is 8.03. The number of carbonyl (C=O) groups is 1. The highest BCUT2D eigenvalue weighted by atomic mass is 35.5. The number of halogens is 1. The van der Waals surface area contributed by atoms with Crippen molar-refractivity contribution in [2.45, 2.75) is 0 Å². The molecule has 2 aromatic rings. The first-order chi connectivity index (χ1) is 12.4. The zero-order valence-electron chi connectivity index (χ0n) is 14.4. The molecule has 1 amide bonds. The first-order valence-electron chi connectivity index (χ1n) is 7.37. The fraction of sp³-hybridized carbons (Fsp3) is 0.176. The lowest BCUT2D eigenvalue weighted by Gasteiger charge is -2.16. The van der Waals surface area contributed by atoms with Crippen molar-refractivity contribution in [1.29, 1.82) is 0 Å². The zero-order chi connectivity index (χ0) is 19.3. The monoisotopic (exact) mass is 395 g/mol. The first-order valence-corrected chi connectivity index (χ1v) is 8.15. The highest BCUT2D eigenvalue weighted by molar-refractivity contribution is 7.80. The molecule has 0 aliphatic heterocycles. The van der Waals surface area contributed by atoms with E-state index in [9.17, 15) is 4.79 Å². The van der Waals surface area contributed by atoms with Crippen LogP contribution in [-0.2, 0) is 0 Å². The van der Waals surface area contributed by atoms with Crippen molar-refractivity contribution in [3.63, 3.8) is 0 Å². The van der Waals surface area contributed by atoms with Gasteiger partial charge in [0.2, 0.25) is 5.91 Å².